The van der Waals surface area contributed by atoms with Crippen LogP contribution in [0, 0.1) is 0 Å². The smallest absolute Gasteiger partial charge is 0.251 e. The molecule has 144 valence electrons. The Morgan fingerprint density at radius 3 is 2.52 bits per heavy atom. The molecule has 0 aromatic heterocycles. The van der Waals surface area contributed by atoms with Gasteiger partial charge in [0, 0.05) is 35.7 Å². The maximum Gasteiger partial charge on any atom is 0.251 e. The van der Waals surface area contributed by atoms with Crippen molar-refractivity contribution in [1.82, 2.24) is 10.2 Å². The topological polar surface area (TPSA) is 75.4 Å². The third kappa shape index (κ3) is 4.74. The fourth-order valence-corrected chi connectivity index (χ4v) is 3.57. The molecule has 2 amide bonds. The summed E-state index contributed by atoms with van der Waals surface area (Å²) >= 11 is 12.1. The molecule has 27 heavy (non-hydrogen) atoms. The van der Waals surface area contributed by atoms with Gasteiger partial charge in [0.05, 0.1) is 6.04 Å². The maximum atomic E-state index is 12.7. The third-order valence-electron chi connectivity index (χ3n) is 4.50. The second kappa shape index (κ2) is 8.93. The molecule has 0 radical (unpaired) electrons. The summed E-state index contributed by atoms with van der Waals surface area (Å²) in [6.45, 7) is 0.936. The van der Waals surface area contributed by atoms with Crippen molar-refractivity contribution in [1.29, 1.82) is 0 Å². The van der Waals surface area contributed by atoms with Crippen LogP contribution in [0.4, 0.5) is 0 Å². The molecule has 0 bridgehead atoms. The predicted octanol–water partition coefficient (Wildman–Crippen LogP) is 3.19. The summed E-state index contributed by atoms with van der Waals surface area (Å²) in [6.07, 6.45) is 0.338. The van der Waals surface area contributed by atoms with Crippen molar-refractivity contribution in [3.63, 3.8) is 0 Å². The monoisotopic (exact) mass is 427 g/mol. The molecule has 1 heterocycles. The average molecular weight is 429 g/mol. The Labute approximate surface area is 174 Å². The van der Waals surface area contributed by atoms with Crippen molar-refractivity contribution in [2.45, 2.75) is 25.6 Å². The van der Waals surface area contributed by atoms with E-state index in [4.69, 9.17) is 28.9 Å². The third-order valence-corrected chi connectivity index (χ3v) is 5.09. The first-order valence-electron chi connectivity index (χ1n) is 8.21. The number of halogens is 3. The van der Waals surface area contributed by atoms with Gasteiger partial charge in [-0.3, -0.25) is 9.59 Å². The van der Waals surface area contributed by atoms with E-state index in [9.17, 15) is 9.59 Å². The highest BCUT2D eigenvalue weighted by Gasteiger charge is 2.28. The summed E-state index contributed by atoms with van der Waals surface area (Å²) in [4.78, 5) is 26.2. The van der Waals surface area contributed by atoms with Crippen molar-refractivity contribution >= 4 is 47.4 Å². The summed E-state index contributed by atoms with van der Waals surface area (Å²) < 4.78 is 0. The fraction of sp³-hybridized carbons (Fsp3) is 0.263. The number of fused-ring (bicyclic) bond motifs is 1. The van der Waals surface area contributed by atoms with Gasteiger partial charge in [-0.1, -0.05) is 35.3 Å². The van der Waals surface area contributed by atoms with Crippen molar-refractivity contribution in [2.75, 3.05) is 7.05 Å². The summed E-state index contributed by atoms with van der Waals surface area (Å²) in [7, 11) is 1.59. The van der Waals surface area contributed by atoms with Crippen LogP contribution in [-0.2, 0) is 24.3 Å². The minimum absolute atomic E-state index is 0. The molecule has 1 atom stereocenters. The summed E-state index contributed by atoms with van der Waals surface area (Å²) in [5, 5.41) is 3.64. The molecular weight excluding hydrogens is 409 g/mol. The quantitative estimate of drug-likeness (QED) is 0.785. The van der Waals surface area contributed by atoms with E-state index in [1.165, 1.54) is 0 Å². The highest BCUT2D eigenvalue weighted by Crippen LogP contribution is 2.26. The van der Waals surface area contributed by atoms with Gasteiger partial charge < -0.3 is 16.0 Å². The van der Waals surface area contributed by atoms with Gasteiger partial charge in [-0.25, -0.2) is 0 Å². The molecule has 1 aliphatic heterocycles. The fourth-order valence-electron chi connectivity index (χ4n) is 3.08. The zero-order valence-electron chi connectivity index (χ0n) is 14.7. The molecule has 0 saturated carbocycles. The van der Waals surface area contributed by atoms with Gasteiger partial charge in [0.1, 0.15) is 0 Å². The Kier molecular flexibility index (Phi) is 7.12. The lowest BCUT2D eigenvalue weighted by Crippen LogP contribution is -2.42. The minimum Gasteiger partial charge on any atom is -0.355 e. The number of carbonyl (C=O) groups excluding carboxylic acids is 2. The Bertz CT molecular complexity index is 873. The van der Waals surface area contributed by atoms with E-state index in [-0.39, 0.29) is 24.2 Å². The van der Waals surface area contributed by atoms with E-state index in [0.29, 0.717) is 35.1 Å². The van der Waals surface area contributed by atoms with Gasteiger partial charge >= 0.3 is 0 Å². The van der Waals surface area contributed by atoms with E-state index in [1.54, 1.807) is 36.2 Å². The van der Waals surface area contributed by atoms with Gasteiger partial charge in [0.15, 0.2) is 0 Å². The number of hydrogen-bond donors (Lipinski definition) is 2. The number of carbonyl (C=O) groups is 2. The number of amides is 2. The summed E-state index contributed by atoms with van der Waals surface area (Å²) in [5.74, 6) is -0.291. The van der Waals surface area contributed by atoms with Crippen molar-refractivity contribution in [2.24, 2.45) is 5.73 Å². The van der Waals surface area contributed by atoms with E-state index in [0.717, 1.165) is 16.7 Å². The van der Waals surface area contributed by atoms with Crippen LogP contribution in [0.2, 0.25) is 10.0 Å². The Balaban J connectivity index is 0.00000261. The van der Waals surface area contributed by atoms with E-state index >= 15 is 0 Å². The van der Waals surface area contributed by atoms with Crippen LogP contribution in [0.1, 0.15) is 27.0 Å². The van der Waals surface area contributed by atoms with Crippen LogP contribution >= 0.6 is 35.6 Å². The molecule has 0 unspecified atom stereocenters. The second-order valence-electron chi connectivity index (χ2n) is 6.30. The predicted molar refractivity (Wildman–Crippen MR) is 109 cm³/mol. The van der Waals surface area contributed by atoms with Crippen molar-refractivity contribution in [3.05, 3.63) is 68.7 Å². The lowest BCUT2D eigenvalue weighted by Gasteiger charge is -2.20. The SMILES string of the molecule is CNC(=O)c1ccc2c(c1)CN(C(=O)[C@H](N)Cc1ccc(Cl)cc1Cl)C2.Cl. The van der Waals surface area contributed by atoms with Crippen LogP contribution in [0.3, 0.4) is 0 Å². The minimum atomic E-state index is -0.693. The maximum absolute atomic E-state index is 12.7. The zero-order chi connectivity index (χ0) is 18.8. The molecular formula is C19H20Cl3N3O2. The molecule has 0 aliphatic carbocycles. The van der Waals surface area contributed by atoms with Crippen molar-refractivity contribution < 1.29 is 9.59 Å². The molecule has 2 aromatic rings. The van der Waals surface area contributed by atoms with Crippen LogP contribution in [0.15, 0.2) is 36.4 Å². The highest BCUT2D eigenvalue weighted by molar-refractivity contribution is 6.35. The number of rotatable bonds is 4. The number of hydrogen-bond acceptors (Lipinski definition) is 3. The summed E-state index contributed by atoms with van der Waals surface area (Å²) in [6, 6.07) is 9.93. The first-order chi connectivity index (χ1) is 12.4. The molecule has 5 nitrogen and oxygen atoms in total. The zero-order valence-corrected chi connectivity index (χ0v) is 17.0. The molecule has 8 heteroatoms. The lowest BCUT2D eigenvalue weighted by atomic mass is 10.1. The van der Waals surface area contributed by atoms with Crippen LogP contribution in [-0.4, -0.2) is 29.8 Å². The molecule has 0 spiro atoms. The molecule has 3 N–H and O–H groups in total. The van der Waals surface area contributed by atoms with Crippen LogP contribution < -0.4 is 11.1 Å². The van der Waals surface area contributed by atoms with E-state index < -0.39 is 6.04 Å². The molecule has 1 aliphatic rings. The molecule has 2 aromatic carbocycles. The first-order valence-corrected chi connectivity index (χ1v) is 8.97. The van der Waals surface area contributed by atoms with E-state index in [1.807, 2.05) is 12.1 Å². The normalized spacial score (nSPS) is 13.6. The first kappa shape index (κ1) is 21.5. The number of nitrogens with zero attached hydrogens (tertiary/aromatic N) is 1. The van der Waals surface area contributed by atoms with E-state index in [2.05, 4.69) is 5.32 Å². The van der Waals surface area contributed by atoms with Crippen molar-refractivity contribution in [3.8, 4) is 0 Å². The van der Waals surface area contributed by atoms with Gasteiger partial charge in [-0.15, -0.1) is 12.4 Å². The van der Waals surface area contributed by atoms with Gasteiger partial charge in [0.25, 0.3) is 5.91 Å². The Hall–Kier alpha value is -1.79. The Morgan fingerprint density at radius 1 is 1.15 bits per heavy atom. The van der Waals surface area contributed by atoms with Gasteiger partial charge in [-0.2, -0.15) is 0 Å². The molecule has 3 rings (SSSR count). The van der Waals surface area contributed by atoms with Gasteiger partial charge in [0.2, 0.25) is 5.91 Å². The number of benzene rings is 2. The van der Waals surface area contributed by atoms with Crippen LogP contribution in [0.5, 0.6) is 0 Å². The Morgan fingerprint density at radius 2 is 1.85 bits per heavy atom. The summed E-state index contributed by atoms with van der Waals surface area (Å²) in [5.41, 5.74) is 9.49. The second-order valence-corrected chi connectivity index (χ2v) is 7.15. The molecule has 0 saturated heterocycles. The highest BCUT2D eigenvalue weighted by atomic mass is 35.5. The van der Waals surface area contributed by atoms with Gasteiger partial charge in [-0.05, 0) is 47.4 Å². The average Bonchev–Trinajstić information content (AvgIpc) is 3.05. The standard InChI is InChI=1S/C19H19Cl2N3O2.ClH/c1-23-18(25)12-2-3-13-9-24(10-14(13)6-12)19(26)17(22)7-11-4-5-15(20)8-16(11)21;/h2-6,8,17H,7,9-10,22H2,1H3,(H,23,25);1H/t17-;/m1./s1. The number of nitrogens with one attached hydrogen (secondary N) is 1. The lowest BCUT2D eigenvalue weighted by molar-refractivity contribution is -0.133. The number of nitrogens with two attached hydrogens (primary N) is 1. The molecule has 0 fully saturated rings. The largest absolute Gasteiger partial charge is 0.355 e. The van der Waals surface area contributed by atoms with Crippen LogP contribution in [0.25, 0.3) is 0 Å².